The molecular formula is C24H28N2O5. The van der Waals surface area contributed by atoms with Crippen molar-refractivity contribution < 1.29 is 23.9 Å². The summed E-state index contributed by atoms with van der Waals surface area (Å²) in [7, 11) is 1.54. The van der Waals surface area contributed by atoms with E-state index in [0.29, 0.717) is 17.1 Å². The van der Waals surface area contributed by atoms with Crippen LogP contribution in [-0.4, -0.2) is 37.5 Å². The fraction of sp³-hybridized carbons (Fsp3) is 0.375. The lowest BCUT2D eigenvalue weighted by Gasteiger charge is -2.20. The van der Waals surface area contributed by atoms with E-state index in [4.69, 9.17) is 9.47 Å². The van der Waals surface area contributed by atoms with E-state index >= 15 is 0 Å². The van der Waals surface area contributed by atoms with Gasteiger partial charge < -0.3 is 19.7 Å². The molecule has 1 aliphatic rings. The van der Waals surface area contributed by atoms with Gasteiger partial charge in [-0.1, -0.05) is 23.8 Å². The third-order valence-electron chi connectivity index (χ3n) is 5.39. The second kappa shape index (κ2) is 9.20. The van der Waals surface area contributed by atoms with E-state index in [0.717, 1.165) is 16.7 Å². The largest absolute Gasteiger partial charge is 0.495 e. The highest BCUT2D eigenvalue weighted by molar-refractivity contribution is 6.01. The SMILES string of the molecule is COc1ccc(C)cc1N1C[C@@H](C(=O)O[C@H](C)C(=O)Nc2ccc(C)cc2C)CC1=O. The van der Waals surface area contributed by atoms with Crippen LogP contribution in [0.5, 0.6) is 5.75 Å². The molecule has 2 aromatic carbocycles. The molecule has 2 atom stereocenters. The number of amides is 2. The molecule has 0 spiro atoms. The van der Waals surface area contributed by atoms with Crippen molar-refractivity contribution in [1.29, 1.82) is 0 Å². The van der Waals surface area contributed by atoms with Crippen LogP contribution in [0.4, 0.5) is 11.4 Å². The molecule has 1 saturated heterocycles. The lowest BCUT2D eigenvalue weighted by atomic mass is 10.1. The predicted octanol–water partition coefficient (Wildman–Crippen LogP) is 3.54. The van der Waals surface area contributed by atoms with Gasteiger partial charge in [0.1, 0.15) is 5.75 Å². The van der Waals surface area contributed by atoms with Crippen molar-refractivity contribution in [1.82, 2.24) is 0 Å². The molecule has 2 aromatic rings. The molecule has 0 aliphatic carbocycles. The van der Waals surface area contributed by atoms with Gasteiger partial charge in [-0.15, -0.1) is 0 Å². The average Bonchev–Trinajstić information content (AvgIpc) is 3.11. The molecule has 0 saturated carbocycles. The average molecular weight is 424 g/mol. The number of esters is 1. The number of aryl methyl sites for hydroxylation is 3. The van der Waals surface area contributed by atoms with E-state index in [1.807, 2.05) is 51.1 Å². The highest BCUT2D eigenvalue weighted by Gasteiger charge is 2.38. The molecule has 7 nitrogen and oxygen atoms in total. The molecule has 0 unspecified atom stereocenters. The van der Waals surface area contributed by atoms with Gasteiger partial charge in [0.05, 0.1) is 18.7 Å². The summed E-state index contributed by atoms with van der Waals surface area (Å²) in [5.74, 6) is -1.24. The maximum absolute atomic E-state index is 12.7. The summed E-state index contributed by atoms with van der Waals surface area (Å²) in [5.41, 5.74) is 4.30. The van der Waals surface area contributed by atoms with Crippen molar-refractivity contribution in [2.45, 2.75) is 40.2 Å². The molecule has 1 N–H and O–H groups in total. The number of rotatable bonds is 6. The summed E-state index contributed by atoms with van der Waals surface area (Å²) < 4.78 is 10.7. The number of nitrogens with zero attached hydrogens (tertiary/aromatic N) is 1. The second-order valence-corrected chi connectivity index (χ2v) is 7.97. The van der Waals surface area contributed by atoms with Gasteiger partial charge in [0, 0.05) is 18.7 Å². The van der Waals surface area contributed by atoms with E-state index in [1.54, 1.807) is 6.07 Å². The Balaban J connectivity index is 1.64. The van der Waals surface area contributed by atoms with Gasteiger partial charge in [-0.25, -0.2) is 0 Å². The fourth-order valence-corrected chi connectivity index (χ4v) is 3.62. The van der Waals surface area contributed by atoms with Gasteiger partial charge >= 0.3 is 5.97 Å². The van der Waals surface area contributed by atoms with Crippen molar-refractivity contribution in [3.63, 3.8) is 0 Å². The van der Waals surface area contributed by atoms with E-state index in [1.165, 1.54) is 18.9 Å². The predicted molar refractivity (Wildman–Crippen MR) is 118 cm³/mol. The van der Waals surface area contributed by atoms with E-state index in [9.17, 15) is 14.4 Å². The number of ether oxygens (including phenoxy) is 2. The number of carbonyl (C=O) groups excluding carboxylic acids is 3. The standard InChI is InChI=1S/C24H28N2O5/c1-14-6-8-19(16(3)10-14)25-23(28)17(4)31-24(29)18-12-22(27)26(13-18)20-11-15(2)7-9-21(20)30-5/h6-11,17-18H,12-13H2,1-5H3,(H,25,28)/t17-,18+/m1/s1. The molecular weight excluding hydrogens is 396 g/mol. The third-order valence-corrected chi connectivity index (χ3v) is 5.39. The summed E-state index contributed by atoms with van der Waals surface area (Å²) in [4.78, 5) is 39.3. The van der Waals surface area contributed by atoms with Crippen molar-refractivity contribution in [3.05, 3.63) is 53.1 Å². The highest BCUT2D eigenvalue weighted by atomic mass is 16.5. The van der Waals surface area contributed by atoms with Crippen molar-refractivity contribution in [2.24, 2.45) is 5.92 Å². The lowest BCUT2D eigenvalue weighted by Crippen LogP contribution is -2.33. The summed E-state index contributed by atoms with van der Waals surface area (Å²) in [6.45, 7) is 7.50. The van der Waals surface area contributed by atoms with Gasteiger partial charge in [-0.2, -0.15) is 0 Å². The first kappa shape index (κ1) is 22.3. The molecule has 164 valence electrons. The van der Waals surface area contributed by atoms with Crippen molar-refractivity contribution >= 4 is 29.2 Å². The van der Waals surface area contributed by atoms with Crippen LogP contribution in [0.1, 0.15) is 30.0 Å². The number of carbonyl (C=O) groups is 3. The minimum Gasteiger partial charge on any atom is -0.495 e. The maximum atomic E-state index is 12.7. The number of methoxy groups -OCH3 is 1. The monoisotopic (exact) mass is 424 g/mol. The Morgan fingerprint density at radius 3 is 2.45 bits per heavy atom. The highest BCUT2D eigenvalue weighted by Crippen LogP contribution is 2.34. The maximum Gasteiger partial charge on any atom is 0.312 e. The molecule has 0 radical (unpaired) electrons. The zero-order valence-corrected chi connectivity index (χ0v) is 18.5. The normalized spacial score (nSPS) is 16.7. The molecule has 1 heterocycles. The van der Waals surface area contributed by atoms with Crippen LogP contribution in [0.2, 0.25) is 0 Å². The number of hydrogen-bond acceptors (Lipinski definition) is 5. The summed E-state index contributed by atoms with van der Waals surface area (Å²) >= 11 is 0. The topological polar surface area (TPSA) is 84.9 Å². The van der Waals surface area contributed by atoms with E-state index in [-0.39, 0.29) is 18.9 Å². The van der Waals surface area contributed by atoms with Gasteiger partial charge in [0.15, 0.2) is 6.10 Å². The first-order valence-electron chi connectivity index (χ1n) is 10.2. The minimum atomic E-state index is -0.981. The Hall–Kier alpha value is -3.35. The van der Waals surface area contributed by atoms with Crippen molar-refractivity contribution in [2.75, 3.05) is 23.9 Å². The number of benzene rings is 2. The van der Waals surface area contributed by atoms with Gasteiger partial charge in [0.25, 0.3) is 5.91 Å². The van der Waals surface area contributed by atoms with E-state index in [2.05, 4.69) is 5.32 Å². The quantitative estimate of drug-likeness (QED) is 0.717. The molecule has 31 heavy (non-hydrogen) atoms. The molecule has 1 aliphatic heterocycles. The summed E-state index contributed by atoms with van der Waals surface area (Å²) in [6.07, 6.45) is -0.952. The second-order valence-electron chi connectivity index (χ2n) is 7.97. The van der Waals surface area contributed by atoms with Gasteiger partial charge in [0.2, 0.25) is 5.91 Å². The van der Waals surface area contributed by atoms with Crippen molar-refractivity contribution in [3.8, 4) is 5.75 Å². The molecule has 2 amide bonds. The van der Waals surface area contributed by atoms with Crippen LogP contribution in [0, 0.1) is 26.7 Å². The Kier molecular flexibility index (Phi) is 6.63. The third kappa shape index (κ3) is 5.05. The minimum absolute atomic E-state index is 0.0291. The Labute approximate surface area is 182 Å². The van der Waals surface area contributed by atoms with Crippen LogP contribution in [0.3, 0.4) is 0 Å². The zero-order chi connectivity index (χ0) is 22.7. The van der Waals surface area contributed by atoms with Crippen LogP contribution in [-0.2, 0) is 19.1 Å². The smallest absolute Gasteiger partial charge is 0.312 e. The summed E-state index contributed by atoms with van der Waals surface area (Å²) in [6, 6.07) is 11.2. The lowest BCUT2D eigenvalue weighted by molar-refractivity contribution is -0.157. The Morgan fingerprint density at radius 1 is 1.10 bits per heavy atom. The fourth-order valence-electron chi connectivity index (χ4n) is 3.62. The van der Waals surface area contributed by atoms with Crippen LogP contribution >= 0.6 is 0 Å². The molecule has 7 heteroatoms. The molecule has 1 fully saturated rings. The van der Waals surface area contributed by atoms with Crippen LogP contribution in [0.25, 0.3) is 0 Å². The first-order chi connectivity index (χ1) is 14.7. The molecule has 0 aromatic heterocycles. The van der Waals surface area contributed by atoms with E-state index < -0.39 is 23.9 Å². The Morgan fingerprint density at radius 2 is 1.77 bits per heavy atom. The Bertz CT molecular complexity index is 1020. The number of hydrogen-bond donors (Lipinski definition) is 1. The molecule has 3 rings (SSSR count). The first-order valence-corrected chi connectivity index (χ1v) is 10.2. The summed E-state index contributed by atoms with van der Waals surface area (Å²) in [5, 5.41) is 2.79. The number of nitrogens with one attached hydrogen (secondary N) is 1. The van der Waals surface area contributed by atoms with Gasteiger partial charge in [-0.05, 0) is 57.0 Å². The number of anilines is 2. The van der Waals surface area contributed by atoms with Crippen LogP contribution in [0.15, 0.2) is 36.4 Å². The van der Waals surface area contributed by atoms with Gasteiger partial charge in [-0.3, -0.25) is 14.4 Å². The zero-order valence-electron chi connectivity index (χ0n) is 18.5. The molecule has 0 bridgehead atoms. The van der Waals surface area contributed by atoms with Crippen LogP contribution < -0.4 is 15.0 Å².